The second-order valence-corrected chi connectivity index (χ2v) is 5.66. The summed E-state index contributed by atoms with van der Waals surface area (Å²) in [7, 11) is 0. The van der Waals surface area contributed by atoms with Gasteiger partial charge in [-0.15, -0.1) is 0 Å². The second kappa shape index (κ2) is 5.89. The lowest BCUT2D eigenvalue weighted by molar-refractivity contribution is 0.365. The lowest BCUT2D eigenvalue weighted by Crippen LogP contribution is -2.30. The average molecular weight is 209 g/mol. The van der Waals surface area contributed by atoms with Gasteiger partial charge >= 0.3 is 0 Å². The van der Waals surface area contributed by atoms with E-state index in [1.54, 1.807) is 0 Å². The molecule has 1 atom stereocenters. The average Bonchev–Trinajstić information content (AvgIpc) is 2.93. The highest BCUT2D eigenvalue weighted by atomic mass is 14.9. The third-order valence-corrected chi connectivity index (χ3v) is 4.21. The third kappa shape index (κ3) is 4.14. The van der Waals surface area contributed by atoms with E-state index >= 15 is 0 Å². The van der Waals surface area contributed by atoms with Crippen LogP contribution >= 0.6 is 0 Å². The van der Waals surface area contributed by atoms with E-state index in [-0.39, 0.29) is 0 Å². The standard InChI is InChI=1S/C14H27N/c1-2-15-14(10-9-12-7-8-12)11-13-5-3-4-6-13/h12-15H,2-11H2,1H3. The highest BCUT2D eigenvalue weighted by Crippen LogP contribution is 2.35. The van der Waals surface area contributed by atoms with Crippen molar-refractivity contribution in [2.45, 2.75) is 70.8 Å². The summed E-state index contributed by atoms with van der Waals surface area (Å²) >= 11 is 0. The predicted octanol–water partition coefficient (Wildman–Crippen LogP) is 3.74. The maximum atomic E-state index is 3.69. The molecule has 0 saturated heterocycles. The highest BCUT2D eigenvalue weighted by Gasteiger charge is 2.24. The molecule has 2 aliphatic carbocycles. The number of nitrogens with one attached hydrogen (secondary N) is 1. The zero-order chi connectivity index (χ0) is 10.5. The summed E-state index contributed by atoms with van der Waals surface area (Å²) in [5.74, 6) is 2.16. The molecule has 0 radical (unpaired) electrons. The van der Waals surface area contributed by atoms with Crippen molar-refractivity contribution in [2.24, 2.45) is 11.8 Å². The minimum Gasteiger partial charge on any atom is -0.314 e. The normalized spacial score (nSPS) is 24.6. The van der Waals surface area contributed by atoms with Crippen LogP contribution in [0.5, 0.6) is 0 Å². The van der Waals surface area contributed by atoms with Crippen molar-refractivity contribution in [2.75, 3.05) is 6.54 Å². The first-order chi connectivity index (χ1) is 7.38. The van der Waals surface area contributed by atoms with E-state index < -0.39 is 0 Å². The van der Waals surface area contributed by atoms with E-state index in [1.165, 1.54) is 57.8 Å². The van der Waals surface area contributed by atoms with E-state index in [1.807, 2.05) is 0 Å². The van der Waals surface area contributed by atoms with Crippen LogP contribution in [-0.2, 0) is 0 Å². The molecule has 2 saturated carbocycles. The number of hydrogen-bond donors (Lipinski definition) is 1. The predicted molar refractivity (Wildman–Crippen MR) is 66.0 cm³/mol. The fourth-order valence-electron chi connectivity index (χ4n) is 3.08. The summed E-state index contributed by atoms with van der Waals surface area (Å²) in [6, 6.07) is 0.832. The maximum Gasteiger partial charge on any atom is 0.00696 e. The van der Waals surface area contributed by atoms with Crippen LogP contribution in [-0.4, -0.2) is 12.6 Å². The minimum atomic E-state index is 0.832. The quantitative estimate of drug-likeness (QED) is 0.673. The summed E-state index contributed by atoms with van der Waals surface area (Å²) in [4.78, 5) is 0. The van der Waals surface area contributed by atoms with Gasteiger partial charge in [-0.2, -0.15) is 0 Å². The number of rotatable bonds is 7. The van der Waals surface area contributed by atoms with E-state index in [0.717, 1.165) is 24.4 Å². The van der Waals surface area contributed by atoms with Crippen LogP contribution in [0.4, 0.5) is 0 Å². The van der Waals surface area contributed by atoms with Gasteiger partial charge in [-0.25, -0.2) is 0 Å². The summed E-state index contributed by atoms with van der Waals surface area (Å²) in [5.41, 5.74) is 0. The molecular weight excluding hydrogens is 182 g/mol. The van der Waals surface area contributed by atoms with Gasteiger partial charge in [-0.05, 0) is 37.6 Å². The van der Waals surface area contributed by atoms with Crippen molar-refractivity contribution >= 4 is 0 Å². The highest BCUT2D eigenvalue weighted by molar-refractivity contribution is 4.79. The zero-order valence-electron chi connectivity index (χ0n) is 10.3. The molecule has 0 bridgehead atoms. The summed E-state index contributed by atoms with van der Waals surface area (Å²) in [6.45, 7) is 3.40. The van der Waals surface area contributed by atoms with Crippen LogP contribution in [0.3, 0.4) is 0 Å². The molecule has 0 aromatic heterocycles. The van der Waals surface area contributed by atoms with Gasteiger partial charge in [-0.1, -0.05) is 45.4 Å². The van der Waals surface area contributed by atoms with Gasteiger partial charge in [0.25, 0.3) is 0 Å². The molecule has 0 aliphatic heterocycles. The van der Waals surface area contributed by atoms with Crippen molar-refractivity contribution in [3.05, 3.63) is 0 Å². The SMILES string of the molecule is CCNC(CCC1CC1)CC1CCCC1. The first kappa shape index (κ1) is 11.4. The molecular formula is C14H27N. The first-order valence-electron chi connectivity index (χ1n) is 7.12. The minimum absolute atomic E-state index is 0.832. The summed E-state index contributed by atoms with van der Waals surface area (Å²) in [5, 5.41) is 3.69. The van der Waals surface area contributed by atoms with E-state index in [2.05, 4.69) is 12.2 Å². The second-order valence-electron chi connectivity index (χ2n) is 5.66. The Hall–Kier alpha value is -0.0400. The van der Waals surface area contributed by atoms with Crippen LogP contribution in [0.2, 0.25) is 0 Å². The van der Waals surface area contributed by atoms with Crippen molar-refractivity contribution in [1.82, 2.24) is 5.32 Å². The van der Waals surface area contributed by atoms with Crippen molar-refractivity contribution < 1.29 is 0 Å². The maximum absolute atomic E-state index is 3.69. The lowest BCUT2D eigenvalue weighted by Gasteiger charge is -2.21. The van der Waals surface area contributed by atoms with Gasteiger partial charge in [0.05, 0.1) is 0 Å². The van der Waals surface area contributed by atoms with Gasteiger partial charge in [0.2, 0.25) is 0 Å². The molecule has 15 heavy (non-hydrogen) atoms. The Kier molecular flexibility index (Phi) is 4.49. The fraction of sp³-hybridized carbons (Fsp3) is 1.00. The monoisotopic (exact) mass is 209 g/mol. The molecule has 2 aliphatic rings. The Morgan fingerprint density at radius 2 is 1.80 bits per heavy atom. The van der Waals surface area contributed by atoms with Crippen molar-refractivity contribution in [3.8, 4) is 0 Å². The smallest absolute Gasteiger partial charge is 0.00696 e. The Labute approximate surface area is 95.0 Å². The lowest BCUT2D eigenvalue weighted by atomic mass is 9.95. The summed E-state index contributed by atoms with van der Waals surface area (Å²) < 4.78 is 0. The summed E-state index contributed by atoms with van der Waals surface area (Å²) in [6.07, 6.45) is 13.4. The van der Waals surface area contributed by atoms with Gasteiger partial charge in [0.1, 0.15) is 0 Å². The molecule has 0 heterocycles. The molecule has 0 aromatic rings. The Balaban J connectivity index is 1.65. The molecule has 1 nitrogen and oxygen atoms in total. The van der Waals surface area contributed by atoms with Gasteiger partial charge in [-0.3, -0.25) is 0 Å². The Morgan fingerprint density at radius 1 is 1.07 bits per heavy atom. The molecule has 0 amide bonds. The molecule has 0 aromatic carbocycles. The van der Waals surface area contributed by atoms with Crippen molar-refractivity contribution in [1.29, 1.82) is 0 Å². The van der Waals surface area contributed by atoms with Gasteiger partial charge in [0.15, 0.2) is 0 Å². The molecule has 0 spiro atoms. The molecule has 1 heteroatoms. The van der Waals surface area contributed by atoms with Crippen molar-refractivity contribution in [3.63, 3.8) is 0 Å². The van der Waals surface area contributed by atoms with E-state index in [4.69, 9.17) is 0 Å². The Morgan fingerprint density at radius 3 is 2.40 bits per heavy atom. The van der Waals surface area contributed by atoms with Crippen LogP contribution in [0, 0.1) is 11.8 Å². The van der Waals surface area contributed by atoms with E-state index in [9.17, 15) is 0 Å². The first-order valence-corrected chi connectivity index (χ1v) is 7.12. The topological polar surface area (TPSA) is 12.0 Å². The molecule has 1 N–H and O–H groups in total. The Bertz CT molecular complexity index is 168. The molecule has 88 valence electrons. The van der Waals surface area contributed by atoms with E-state index in [0.29, 0.717) is 0 Å². The van der Waals surface area contributed by atoms with Crippen LogP contribution in [0.15, 0.2) is 0 Å². The van der Waals surface area contributed by atoms with Crippen LogP contribution in [0.1, 0.15) is 64.7 Å². The third-order valence-electron chi connectivity index (χ3n) is 4.21. The van der Waals surface area contributed by atoms with Gasteiger partial charge < -0.3 is 5.32 Å². The molecule has 2 fully saturated rings. The fourth-order valence-corrected chi connectivity index (χ4v) is 3.08. The zero-order valence-corrected chi connectivity index (χ0v) is 10.3. The van der Waals surface area contributed by atoms with Crippen LogP contribution in [0.25, 0.3) is 0 Å². The number of hydrogen-bond acceptors (Lipinski definition) is 1. The molecule has 2 rings (SSSR count). The van der Waals surface area contributed by atoms with Gasteiger partial charge in [0, 0.05) is 6.04 Å². The molecule has 1 unspecified atom stereocenters. The van der Waals surface area contributed by atoms with Crippen LogP contribution < -0.4 is 5.32 Å². The largest absolute Gasteiger partial charge is 0.314 e.